The Labute approximate surface area is 210 Å². The van der Waals surface area contributed by atoms with Crippen LogP contribution in [0.5, 0.6) is 0 Å². The van der Waals surface area contributed by atoms with Crippen LogP contribution < -0.4 is 10.6 Å². The van der Waals surface area contributed by atoms with E-state index in [9.17, 15) is 18.4 Å². The molecule has 2 N–H and O–H groups in total. The topological polar surface area (TPSA) is 74.3 Å². The third-order valence-corrected chi connectivity index (χ3v) is 6.85. The third-order valence-electron chi connectivity index (χ3n) is 5.89. The van der Waals surface area contributed by atoms with Crippen molar-refractivity contribution >= 4 is 50.4 Å². The molecule has 3 amide bonds. The predicted octanol–water partition coefficient (Wildman–Crippen LogP) is 6.54. The van der Waals surface area contributed by atoms with Crippen molar-refractivity contribution in [1.82, 2.24) is 9.88 Å². The quantitative estimate of drug-likeness (QED) is 0.332. The number of piperidine rings is 1. The zero-order valence-electron chi connectivity index (χ0n) is 19.1. The number of fused-ring (bicyclic) bond motifs is 1. The highest BCUT2D eigenvalue weighted by Crippen LogP contribution is 2.27. The van der Waals surface area contributed by atoms with Gasteiger partial charge in [-0.3, -0.25) is 10.1 Å². The number of benzene rings is 3. The SMILES string of the molecule is O=C(Nc1nc2ccccc2s1)c1c(F)cc(C=C2CCN(C(=O)Nc3ccccc3)CC2)cc1F. The van der Waals surface area contributed by atoms with Gasteiger partial charge in [-0.1, -0.05) is 53.3 Å². The van der Waals surface area contributed by atoms with E-state index in [-0.39, 0.29) is 11.2 Å². The molecule has 9 heteroatoms. The molecule has 0 bridgehead atoms. The summed E-state index contributed by atoms with van der Waals surface area (Å²) in [5, 5.41) is 5.62. The minimum Gasteiger partial charge on any atom is -0.324 e. The van der Waals surface area contributed by atoms with Crippen molar-refractivity contribution in [3.63, 3.8) is 0 Å². The number of carbonyl (C=O) groups excluding carboxylic acids is 2. The number of aromatic nitrogens is 1. The molecule has 0 saturated carbocycles. The zero-order chi connectivity index (χ0) is 25.1. The van der Waals surface area contributed by atoms with Gasteiger partial charge in [-0.05, 0) is 54.8 Å². The summed E-state index contributed by atoms with van der Waals surface area (Å²) >= 11 is 1.23. The number of halogens is 2. The normalized spacial score (nSPS) is 13.5. The molecule has 36 heavy (non-hydrogen) atoms. The Balaban J connectivity index is 1.23. The lowest BCUT2D eigenvalue weighted by atomic mass is 10.00. The summed E-state index contributed by atoms with van der Waals surface area (Å²) in [5.41, 5.74) is 2.08. The van der Waals surface area contributed by atoms with Crippen LogP contribution in [0.3, 0.4) is 0 Å². The molecule has 3 aromatic carbocycles. The molecular weight excluding hydrogens is 482 g/mol. The van der Waals surface area contributed by atoms with E-state index in [1.165, 1.54) is 11.3 Å². The highest BCUT2D eigenvalue weighted by atomic mass is 32.1. The smallest absolute Gasteiger partial charge is 0.321 e. The predicted molar refractivity (Wildman–Crippen MR) is 138 cm³/mol. The van der Waals surface area contributed by atoms with Gasteiger partial charge < -0.3 is 10.2 Å². The Morgan fingerprint density at radius 1 is 0.917 bits per heavy atom. The minimum absolute atomic E-state index is 0.180. The maximum atomic E-state index is 14.8. The van der Waals surface area contributed by atoms with E-state index in [2.05, 4.69) is 15.6 Å². The number of para-hydroxylation sites is 2. The maximum Gasteiger partial charge on any atom is 0.321 e. The van der Waals surface area contributed by atoms with E-state index in [1.54, 1.807) is 17.0 Å². The number of carbonyl (C=O) groups is 2. The molecule has 0 unspecified atom stereocenters. The minimum atomic E-state index is -0.944. The Hall–Kier alpha value is -4.11. The number of amides is 3. The molecule has 0 radical (unpaired) electrons. The number of thiazole rings is 1. The van der Waals surface area contributed by atoms with Gasteiger partial charge in [0, 0.05) is 18.8 Å². The second-order valence-corrected chi connectivity index (χ2v) is 9.42. The van der Waals surface area contributed by atoms with E-state index in [1.807, 2.05) is 48.5 Å². The van der Waals surface area contributed by atoms with E-state index < -0.39 is 23.1 Å². The number of anilines is 2. The molecule has 1 saturated heterocycles. The lowest BCUT2D eigenvalue weighted by Gasteiger charge is -2.28. The van der Waals surface area contributed by atoms with Gasteiger partial charge in [-0.25, -0.2) is 18.6 Å². The van der Waals surface area contributed by atoms with Crippen LogP contribution in [0, 0.1) is 11.6 Å². The monoisotopic (exact) mass is 504 g/mol. The number of urea groups is 1. The second kappa shape index (κ2) is 10.2. The molecule has 1 aliphatic heterocycles. The second-order valence-electron chi connectivity index (χ2n) is 8.39. The van der Waals surface area contributed by atoms with E-state index in [0.717, 1.165) is 28.1 Å². The molecule has 0 spiro atoms. The van der Waals surface area contributed by atoms with Crippen LogP contribution in [-0.2, 0) is 0 Å². The lowest BCUT2D eigenvalue weighted by molar-refractivity contribution is 0.101. The van der Waals surface area contributed by atoms with Crippen molar-refractivity contribution in [2.45, 2.75) is 12.8 Å². The summed E-state index contributed by atoms with van der Waals surface area (Å²) in [6, 6.07) is 18.7. The first-order valence-corrected chi connectivity index (χ1v) is 12.2. The summed E-state index contributed by atoms with van der Waals surface area (Å²) < 4.78 is 30.4. The highest BCUT2D eigenvalue weighted by Gasteiger charge is 2.22. The van der Waals surface area contributed by atoms with Gasteiger partial charge >= 0.3 is 6.03 Å². The Kier molecular flexibility index (Phi) is 6.73. The highest BCUT2D eigenvalue weighted by molar-refractivity contribution is 7.22. The summed E-state index contributed by atoms with van der Waals surface area (Å²) in [6.07, 6.45) is 2.89. The van der Waals surface area contributed by atoms with Crippen molar-refractivity contribution in [3.8, 4) is 0 Å². The molecular formula is C27H22F2N4O2S. The molecule has 4 aromatic rings. The van der Waals surface area contributed by atoms with Crippen molar-refractivity contribution in [1.29, 1.82) is 0 Å². The van der Waals surface area contributed by atoms with Gasteiger partial charge in [0.15, 0.2) is 5.13 Å². The number of hydrogen-bond acceptors (Lipinski definition) is 4. The first kappa shape index (κ1) is 23.6. The first-order chi connectivity index (χ1) is 17.5. The molecule has 6 nitrogen and oxygen atoms in total. The number of hydrogen-bond donors (Lipinski definition) is 2. The maximum absolute atomic E-state index is 14.8. The molecule has 182 valence electrons. The van der Waals surface area contributed by atoms with E-state index in [4.69, 9.17) is 0 Å². The average molecular weight is 505 g/mol. The standard InChI is InChI=1S/C27H22F2N4O2S/c28-20-15-18(14-17-10-12-33(13-11-17)27(35)30-19-6-2-1-3-7-19)16-21(29)24(20)25(34)32-26-31-22-8-4-5-9-23(22)36-26/h1-9,14-16H,10-13H2,(H,30,35)(H,31,32,34). The Morgan fingerprint density at radius 3 is 2.28 bits per heavy atom. The Bertz CT molecular complexity index is 1400. The van der Waals surface area contributed by atoms with Gasteiger partial charge in [0.1, 0.15) is 17.2 Å². The molecule has 0 atom stereocenters. The van der Waals surface area contributed by atoms with Gasteiger partial charge in [0.25, 0.3) is 5.91 Å². The molecule has 1 aromatic heterocycles. The van der Waals surface area contributed by atoms with Crippen LogP contribution in [0.1, 0.15) is 28.8 Å². The molecule has 1 aliphatic rings. The summed E-state index contributed by atoms with van der Waals surface area (Å²) in [5.74, 6) is -2.78. The van der Waals surface area contributed by atoms with Crippen LogP contribution >= 0.6 is 11.3 Å². The average Bonchev–Trinajstić information content (AvgIpc) is 3.27. The van der Waals surface area contributed by atoms with Crippen LogP contribution in [0.15, 0.2) is 72.3 Å². The van der Waals surface area contributed by atoms with Crippen LogP contribution in [0.2, 0.25) is 0 Å². The van der Waals surface area contributed by atoms with Gasteiger partial charge in [-0.15, -0.1) is 0 Å². The summed E-state index contributed by atoms with van der Waals surface area (Å²) in [6.45, 7) is 0.996. The zero-order valence-corrected chi connectivity index (χ0v) is 19.9. The van der Waals surface area contributed by atoms with E-state index >= 15 is 0 Å². The fourth-order valence-corrected chi connectivity index (χ4v) is 4.94. The Morgan fingerprint density at radius 2 is 1.58 bits per heavy atom. The number of rotatable bonds is 4. The largest absolute Gasteiger partial charge is 0.324 e. The van der Waals surface area contributed by atoms with Crippen molar-refractivity contribution < 1.29 is 18.4 Å². The van der Waals surface area contributed by atoms with Gasteiger partial charge in [-0.2, -0.15) is 0 Å². The molecule has 2 heterocycles. The van der Waals surface area contributed by atoms with Crippen LogP contribution in [0.4, 0.5) is 24.4 Å². The van der Waals surface area contributed by atoms with Gasteiger partial charge in [0.2, 0.25) is 0 Å². The molecule has 1 fully saturated rings. The third kappa shape index (κ3) is 5.26. The fourth-order valence-electron chi connectivity index (χ4n) is 4.08. The fraction of sp³-hybridized carbons (Fsp3) is 0.148. The number of nitrogens with zero attached hydrogens (tertiary/aromatic N) is 2. The lowest BCUT2D eigenvalue weighted by Crippen LogP contribution is -2.39. The van der Waals surface area contributed by atoms with Crippen LogP contribution in [0.25, 0.3) is 16.3 Å². The summed E-state index contributed by atoms with van der Waals surface area (Å²) in [7, 11) is 0. The summed E-state index contributed by atoms with van der Waals surface area (Å²) in [4.78, 5) is 31.0. The van der Waals surface area contributed by atoms with E-state index in [0.29, 0.717) is 37.0 Å². The first-order valence-electron chi connectivity index (χ1n) is 11.4. The van der Waals surface area contributed by atoms with Crippen molar-refractivity contribution in [3.05, 3.63) is 95.1 Å². The van der Waals surface area contributed by atoms with Crippen molar-refractivity contribution in [2.75, 3.05) is 23.7 Å². The number of nitrogens with one attached hydrogen (secondary N) is 2. The van der Waals surface area contributed by atoms with Crippen LogP contribution in [-0.4, -0.2) is 34.9 Å². The number of likely N-dealkylation sites (tertiary alicyclic amines) is 1. The molecule has 5 rings (SSSR count). The van der Waals surface area contributed by atoms with Gasteiger partial charge in [0.05, 0.1) is 10.2 Å². The van der Waals surface area contributed by atoms with Crippen molar-refractivity contribution in [2.24, 2.45) is 0 Å². The molecule has 0 aliphatic carbocycles.